The Kier molecular flexibility index (Phi) is 5.15. The molecule has 1 aromatic carbocycles. The molecule has 1 saturated heterocycles. The topological polar surface area (TPSA) is 32.3 Å². The first-order chi connectivity index (χ1) is 9.13. The first kappa shape index (κ1) is 14.7. The Morgan fingerprint density at radius 2 is 2.37 bits per heavy atom. The minimum absolute atomic E-state index is 0.177. The first-order valence-corrected chi connectivity index (χ1v) is 7.59. The molecule has 1 fully saturated rings. The second kappa shape index (κ2) is 6.65. The molecule has 1 heterocycles. The van der Waals surface area contributed by atoms with Gasteiger partial charge in [0.05, 0.1) is 5.56 Å². The van der Waals surface area contributed by atoms with E-state index >= 15 is 0 Å². The zero-order valence-corrected chi connectivity index (χ0v) is 13.1. The average Bonchev–Trinajstić information content (AvgIpc) is 2.39. The molecular formula is C14H18FIN2O. The summed E-state index contributed by atoms with van der Waals surface area (Å²) in [7, 11) is 1.92. The van der Waals surface area contributed by atoms with Gasteiger partial charge in [0.15, 0.2) is 0 Å². The van der Waals surface area contributed by atoms with Gasteiger partial charge < -0.3 is 10.2 Å². The second-order valence-corrected chi connectivity index (χ2v) is 6.08. The fourth-order valence-electron chi connectivity index (χ4n) is 2.57. The number of amides is 1. The van der Waals surface area contributed by atoms with Crippen molar-refractivity contribution in [3.05, 3.63) is 33.1 Å². The maximum atomic E-state index is 13.8. The fourth-order valence-corrected chi connectivity index (χ4v) is 3.26. The van der Waals surface area contributed by atoms with Gasteiger partial charge >= 0.3 is 0 Å². The lowest BCUT2D eigenvalue weighted by Crippen LogP contribution is -2.43. The number of piperidine rings is 1. The molecule has 1 atom stereocenters. The molecule has 2 rings (SSSR count). The Morgan fingerprint density at radius 3 is 3.05 bits per heavy atom. The number of carbonyl (C=O) groups excluding carboxylic acids is 1. The van der Waals surface area contributed by atoms with Crippen molar-refractivity contribution in [2.45, 2.75) is 12.8 Å². The van der Waals surface area contributed by atoms with Crippen molar-refractivity contribution in [1.82, 2.24) is 10.2 Å². The summed E-state index contributed by atoms with van der Waals surface area (Å²) in [5.74, 6) is -0.136. The third-order valence-corrected chi connectivity index (χ3v) is 4.37. The van der Waals surface area contributed by atoms with Crippen molar-refractivity contribution in [3.8, 4) is 0 Å². The predicted molar refractivity (Wildman–Crippen MR) is 81.7 cm³/mol. The summed E-state index contributed by atoms with van der Waals surface area (Å²) >= 11 is 2.02. The zero-order valence-electron chi connectivity index (χ0n) is 11.0. The normalized spacial score (nSPS) is 19.5. The molecule has 5 heteroatoms. The third kappa shape index (κ3) is 3.45. The van der Waals surface area contributed by atoms with Gasteiger partial charge in [-0.25, -0.2) is 4.39 Å². The number of benzene rings is 1. The van der Waals surface area contributed by atoms with Crippen molar-refractivity contribution in [1.29, 1.82) is 0 Å². The van der Waals surface area contributed by atoms with E-state index in [1.807, 2.05) is 29.6 Å². The molecule has 0 aromatic heterocycles. The number of halogens is 2. The summed E-state index contributed by atoms with van der Waals surface area (Å²) in [6, 6.07) is 4.75. The molecule has 1 N–H and O–H groups in total. The second-order valence-electron chi connectivity index (χ2n) is 4.91. The minimum atomic E-state index is -0.423. The number of likely N-dealkylation sites (tertiary alicyclic amines) is 1. The Bertz CT molecular complexity index is 445. The molecule has 0 saturated carbocycles. The van der Waals surface area contributed by atoms with Crippen LogP contribution in [0.3, 0.4) is 0 Å². The molecule has 0 aliphatic carbocycles. The molecule has 0 radical (unpaired) electrons. The molecule has 1 aliphatic heterocycles. The summed E-state index contributed by atoms with van der Waals surface area (Å²) in [5, 5.41) is 3.15. The van der Waals surface area contributed by atoms with Crippen LogP contribution in [0.1, 0.15) is 23.2 Å². The van der Waals surface area contributed by atoms with Gasteiger partial charge in [-0.15, -0.1) is 0 Å². The van der Waals surface area contributed by atoms with E-state index < -0.39 is 5.82 Å². The smallest absolute Gasteiger partial charge is 0.257 e. The van der Waals surface area contributed by atoms with Gasteiger partial charge in [0.2, 0.25) is 0 Å². The molecule has 1 aliphatic rings. The summed E-state index contributed by atoms with van der Waals surface area (Å²) in [5.41, 5.74) is 0.216. The SMILES string of the molecule is CNCC1CCCN(C(=O)c2c(F)cccc2I)C1. The van der Waals surface area contributed by atoms with Crippen molar-refractivity contribution < 1.29 is 9.18 Å². The molecule has 104 valence electrons. The van der Waals surface area contributed by atoms with Gasteiger partial charge in [0, 0.05) is 16.7 Å². The quantitative estimate of drug-likeness (QED) is 0.823. The lowest BCUT2D eigenvalue weighted by molar-refractivity contribution is 0.0668. The van der Waals surface area contributed by atoms with Crippen LogP contribution in [-0.4, -0.2) is 37.5 Å². The van der Waals surface area contributed by atoms with E-state index in [4.69, 9.17) is 0 Å². The molecule has 1 aromatic rings. The molecule has 0 spiro atoms. The van der Waals surface area contributed by atoms with Gasteiger partial charge in [-0.05, 0) is 67.1 Å². The number of nitrogens with zero attached hydrogens (tertiary/aromatic N) is 1. The van der Waals surface area contributed by atoms with E-state index in [9.17, 15) is 9.18 Å². The van der Waals surface area contributed by atoms with Crippen LogP contribution in [0, 0.1) is 15.3 Å². The zero-order chi connectivity index (χ0) is 13.8. The van der Waals surface area contributed by atoms with Gasteiger partial charge in [-0.1, -0.05) is 6.07 Å². The fraction of sp³-hybridized carbons (Fsp3) is 0.500. The lowest BCUT2D eigenvalue weighted by Gasteiger charge is -2.33. The van der Waals surface area contributed by atoms with Gasteiger partial charge in [0.1, 0.15) is 5.82 Å². The van der Waals surface area contributed by atoms with E-state index in [-0.39, 0.29) is 11.5 Å². The van der Waals surface area contributed by atoms with Crippen LogP contribution in [0.5, 0.6) is 0 Å². The number of hydrogen-bond acceptors (Lipinski definition) is 2. The van der Waals surface area contributed by atoms with Gasteiger partial charge in [-0.2, -0.15) is 0 Å². The molecule has 0 bridgehead atoms. The molecule has 1 unspecified atom stereocenters. The highest BCUT2D eigenvalue weighted by Gasteiger charge is 2.26. The van der Waals surface area contributed by atoms with Crippen LogP contribution < -0.4 is 5.32 Å². The average molecular weight is 376 g/mol. The highest BCUT2D eigenvalue weighted by molar-refractivity contribution is 14.1. The molecule has 3 nitrogen and oxygen atoms in total. The summed E-state index contributed by atoms with van der Waals surface area (Å²) in [6.45, 7) is 2.34. The van der Waals surface area contributed by atoms with E-state index in [0.717, 1.165) is 25.9 Å². The highest BCUT2D eigenvalue weighted by atomic mass is 127. The molecule has 1 amide bonds. The minimum Gasteiger partial charge on any atom is -0.338 e. The number of rotatable bonds is 3. The monoisotopic (exact) mass is 376 g/mol. The Balaban J connectivity index is 2.15. The maximum Gasteiger partial charge on any atom is 0.257 e. The summed E-state index contributed by atoms with van der Waals surface area (Å²) < 4.78 is 14.5. The largest absolute Gasteiger partial charge is 0.338 e. The lowest BCUT2D eigenvalue weighted by atomic mass is 9.97. The van der Waals surface area contributed by atoms with Crippen molar-refractivity contribution in [2.75, 3.05) is 26.7 Å². The standard InChI is InChI=1S/C14H18FIN2O/c1-17-8-10-4-3-7-18(9-10)14(19)13-11(15)5-2-6-12(13)16/h2,5-6,10,17H,3-4,7-9H2,1H3. The van der Waals surface area contributed by atoms with Crippen LogP contribution in [0.15, 0.2) is 18.2 Å². The molecule has 19 heavy (non-hydrogen) atoms. The Labute approximate surface area is 126 Å². The third-order valence-electron chi connectivity index (χ3n) is 3.48. The Morgan fingerprint density at radius 1 is 1.58 bits per heavy atom. The van der Waals surface area contributed by atoms with E-state index in [2.05, 4.69) is 5.32 Å². The van der Waals surface area contributed by atoms with E-state index in [1.54, 1.807) is 17.0 Å². The van der Waals surface area contributed by atoms with Crippen LogP contribution in [-0.2, 0) is 0 Å². The van der Waals surface area contributed by atoms with Crippen molar-refractivity contribution >= 4 is 28.5 Å². The summed E-state index contributed by atoms with van der Waals surface area (Å²) in [6.07, 6.45) is 2.11. The van der Waals surface area contributed by atoms with E-state index in [1.165, 1.54) is 6.07 Å². The Hall–Kier alpha value is -0.690. The molecular weight excluding hydrogens is 358 g/mol. The number of hydrogen-bond donors (Lipinski definition) is 1. The summed E-state index contributed by atoms with van der Waals surface area (Å²) in [4.78, 5) is 14.2. The van der Waals surface area contributed by atoms with Crippen LogP contribution >= 0.6 is 22.6 Å². The van der Waals surface area contributed by atoms with Gasteiger partial charge in [0.25, 0.3) is 5.91 Å². The van der Waals surface area contributed by atoms with Crippen LogP contribution in [0.4, 0.5) is 4.39 Å². The number of nitrogens with one attached hydrogen (secondary N) is 1. The van der Waals surface area contributed by atoms with Gasteiger partial charge in [-0.3, -0.25) is 4.79 Å². The van der Waals surface area contributed by atoms with Crippen LogP contribution in [0.25, 0.3) is 0 Å². The first-order valence-electron chi connectivity index (χ1n) is 6.51. The number of carbonyl (C=O) groups is 1. The van der Waals surface area contributed by atoms with Crippen LogP contribution in [0.2, 0.25) is 0 Å². The highest BCUT2D eigenvalue weighted by Crippen LogP contribution is 2.22. The maximum absolute atomic E-state index is 13.8. The van der Waals surface area contributed by atoms with Crippen molar-refractivity contribution in [3.63, 3.8) is 0 Å². The predicted octanol–water partition coefficient (Wildman–Crippen LogP) is 2.50. The van der Waals surface area contributed by atoms with E-state index in [0.29, 0.717) is 16.0 Å². The van der Waals surface area contributed by atoms with Crippen molar-refractivity contribution in [2.24, 2.45) is 5.92 Å².